The molecule has 9 nitrogen and oxygen atoms in total. The lowest BCUT2D eigenvalue weighted by Gasteiger charge is -2.11. The zero-order valence-corrected chi connectivity index (χ0v) is 16.8. The van der Waals surface area contributed by atoms with Crippen molar-refractivity contribution in [1.29, 1.82) is 0 Å². The lowest BCUT2D eigenvalue weighted by atomic mass is 10.0. The van der Waals surface area contributed by atoms with Crippen LogP contribution in [0.5, 0.6) is 0 Å². The van der Waals surface area contributed by atoms with Crippen LogP contribution in [0.3, 0.4) is 0 Å². The van der Waals surface area contributed by atoms with Crippen LogP contribution in [0.2, 0.25) is 0 Å². The zero-order chi connectivity index (χ0) is 22.7. The third-order valence-corrected chi connectivity index (χ3v) is 4.74. The van der Waals surface area contributed by atoms with Gasteiger partial charge in [0.2, 0.25) is 5.78 Å². The van der Waals surface area contributed by atoms with E-state index in [2.05, 4.69) is 0 Å². The summed E-state index contributed by atoms with van der Waals surface area (Å²) in [5.41, 5.74) is 4.77. The first-order chi connectivity index (χ1) is 14.7. The highest BCUT2D eigenvalue weighted by Crippen LogP contribution is 2.12. The fraction of sp³-hybridized carbons (Fsp3) is 0.136. The second kappa shape index (κ2) is 8.62. The largest absolute Gasteiger partial charge is 0.454 e. The van der Waals surface area contributed by atoms with Crippen LogP contribution in [0.15, 0.2) is 64.2 Å². The van der Waals surface area contributed by atoms with Gasteiger partial charge in [0.1, 0.15) is 11.4 Å². The molecule has 3 rings (SSSR count). The molecular formula is C22H19N3O6. The van der Waals surface area contributed by atoms with E-state index in [9.17, 15) is 24.0 Å². The Morgan fingerprint density at radius 2 is 1.39 bits per heavy atom. The van der Waals surface area contributed by atoms with Crippen LogP contribution in [-0.2, 0) is 18.8 Å². The van der Waals surface area contributed by atoms with Crippen molar-refractivity contribution in [3.63, 3.8) is 0 Å². The smallest absolute Gasteiger partial charge is 0.338 e. The highest BCUT2D eigenvalue weighted by Gasteiger charge is 2.22. The number of nitrogens with zero attached hydrogens (tertiary/aromatic N) is 2. The van der Waals surface area contributed by atoms with Crippen molar-refractivity contribution in [1.82, 2.24) is 9.13 Å². The van der Waals surface area contributed by atoms with Crippen LogP contribution in [0.1, 0.15) is 36.6 Å². The molecule has 0 fully saturated rings. The monoisotopic (exact) mass is 421 g/mol. The van der Waals surface area contributed by atoms with Gasteiger partial charge < -0.3 is 10.5 Å². The van der Waals surface area contributed by atoms with Gasteiger partial charge in [-0.25, -0.2) is 9.59 Å². The first-order valence-electron chi connectivity index (χ1n) is 9.18. The van der Waals surface area contributed by atoms with Crippen molar-refractivity contribution < 1.29 is 19.1 Å². The molecule has 0 bridgehead atoms. The molecule has 1 aromatic heterocycles. The molecule has 0 spiro atoms. The maximum atomic E-state index is 12.4. The Morgan fingerprint density at radius 3 is 2.00 bits per heavy atom. The summed E-state index contributed by atoms with van der Waals surface area (Å²) in [6.07, 6.45) is 0. The number of esters is 1. The van der Waals surface area contributed by atoms with Crippen LogP contribution in [0, 0.1) is 0 Å². The lowest BCUT2D eigenvalue weighted by Crippen LogP contribution is -2.42. The Hall–Kier alpha value is -4.27. The zero-order valence-electron chi connectivity index (χ0n) is 16.8. The number of Topliss-reactive ketones (excluding diaryl/α,β-unsaturated/α-hetero) is 1. The van der Waals surface area contributed by atoms with Gasteiger partial charge in [0.05, 0.1) is 5.56 Å². The van der Waals surface area contributed by atoms with E-state index in [1.807, 2.05) is 0 Å². The number of nitrogen functional groups attached to an aromatic ring is 1. The second-order valence-corrected chi connectivity index (χ2v) is 6.74. The summed E-state index contributed by atoms with van der Waals surface area (Å²) in [5, 5.41) is 0. The lowest BCUT2D eigenvalue weighted by molar-refractivity contribution is 0.0474. The maximum absolute atomic E-state index is 12.4. The summed E-state index contributed by atoms with van der Waals surface area (Å²) in [6, 6.07) is 14.4. The predicted octanol–water partition coefficient (Wildman–Crippen LogP) is 0.937. The number of hydrogen-bond donors (Lipinski definition) is 1. The number of ketones is 2. The molecule has 0 saturated carbocycles. The summed E-state index contributed by atoms with van der Waals surface area (Å²) in [5.74, 6) is -2.15. The molecule has 0 aliphatic heterocycles. The van der Waals surface area contributed by atoms with Gasteiger partial charge in [-0.15, -0.1) is 0 Å². The number of benzene rings is 2. The summed E-state index contributed by atoms with van der Waals surface area (Å²) >= 11 is 0. The standard InChI is InChI=1S/C22H19N3O6/c1-24-19(23)17(20(28)25(2)22(24)30)16(26)12-31-21(29)15-10-8-14(9-11-15)18(27)13-6-4-3-5-7-13/h3-11H,12,23H2,1-2H3. The molecule has 2 aromatic carbocycles. The molecule has 2 N–H and O–H groups in total. The first kappa shape index (κ1) is 21.4. The van der Waals surface area contributed by atoms with Crippen LogP contribution >= 0.6 is 0 Å². The molecule has 3 aromatic rings. The number of anilines is 1. The maximum Gasteiger partial charge on any atom is 0.338 e. The summed E-state index contributed by atoms with van der Waals surface area (Å²) in [6.45, 7) is -0.735. The molecule has 158 valence electrons. The van der Waals surface area contributed by atoms with E-state index in [0.717, 1.165) is 9.13 Å². The average Bonchev–Trinajstić information content (AvgIpc) is 2.80. The van der Waals surface area contributed by atoms with Crippen LogP contribution in [0.4, 0.5) is 5.82 Å². The Labute approximate surface area is 176 Å². The molecule has 1 heterocycles. The SMILES string of the molecule is Cn1c(N)c(C(=O)COC(=O)c2ccc(C(=O)c3ccccc3)cc2)c(=O)n(C)c1=O. The first-order valence-corrected chi connectivity index (χ1v) is 9.18. The Kier molecular flexibility index (Phi) is 5.96. The third kappa shape index (κ3) is 4.20. The van der Waals surface area contributed by atoms with Crippen molar-refractivity contribution in [2.45, 2.75) is 0 Å². The van der Waals surface area contributed by atoms with E-state index in [4.69, 9.17) is 10.5 Å². The molecular weight excluding hydrogens is 402 g/mol. The minimum absolute atomic E-state index is 0.124. The molecule has 0 atom stereocenters. The van der Waals surface area contributed by atoms with E-state index in [1.165, 1.54) is 38.4 Å². The van der Waals surface area contributed by atoms with E-state index in [1.54, 1.807) is 30.3 Å². The molecule has 31 heavy (non-hydrogen) atoms. The molecule has 0 aliphatic rings. The van der Waals surface area contributed by atoms with Gasteiger partial charge >= 0.3 is 11.7 Å². The topological polar surface area (TPSA) is 130 Å². The van der Waals surface area contributed by atoms with E-state index in [-0.39, 0.29) is 17.2 Å². The van der Waals surface area contributed by atoms with Crippen LogP contribution in [-0.4, -0.2) is 33.3 Å². The summed E-state index contributed by atoms with van der Waals surface area (Å²) in [4.78, 5) is 61.1. The highest BCUT2D eigenvalue weighted by atomic mass is 16.5. The van der Waals surface area contributed by atoms with Crippen molar-refractivity contribution in [2.24, 2.45) is 14.1 Å². The van der Waals surface area contributed by atoms with Crippen molar-refractivity contribution in [3.05, 3.63) is 97.7 Å². The van der Waals surface area contributed by atoms with Gasteiger partial charge in [0.25, 0.3) is 5.56 Å². The van der Waals surface area contributed by atoms with E-state index in [0.29, 0.717) is 11.1 Å². The fourth-order valence-corrected chi connectivity index (χ4v) is 2.92. The third-order valence-electron chi connectivity index (χ3n) is 4.74. The predicted molar refractivity (Wildman–Crippen MR) is 112 cm³/mol. The number of nitrogens with two attached hydrogens (primary N) is 1. The molecule has 9 heteroatoms. The van der Waals surface area contributed by atoms with E-state index >= 15 is 0 Å². The van der Waals surface area contributed by atoms with Gasteiger partial charge in [-0.2, -0.15) is 0 Å². The number of carbonyl (C=O) groups is 3. The van der Waals surface area contributed by atoms with Gasteiger partial charge in [0, 0.05) is 25.2 Å². The molecule has 0 aliphatic carbocycles. The normalized spacial score (nSPS) is 10.5. The minimum Gasteiger partial charge on any atom is -0.454 e. The number of carbonyl (C=O) groups excluding carboxylic acids is 3. The van der Waals surface area contributed by atoms with Crippen molar-refractivity contribution >= 4 is 23.4 Å². The van der Waals surface area contributed by atoms with Gasteiger partial charge in [-0.05, 0) is 12.1 Å². The average molecular weight is 421 g/mol. The fourth-order valence-electron chi connectivity index (χ4n) is 2.92. The number of aromatic nitrogens is 2. The molecule has 0 saturated heterocycles. The molecule has 0 radical (unpaired) electrons. The van der Waals surface area contributed by atoms with Crippen LogP contribution < -0.4 is 17.0 Å². The summed E-state index contributed by atoms with van der Waals surface area (Å²) in [7, 11) is 2.53. The number of hydrogen-bond acceptors (Lipinski definition) is 7. The van der Waals surface area contributed by atoms with Gasteiger partial charge in [0.15, 0.2) is 12.4 Å². The minimum atomic E-state index is -0.870. The Balaban J connectivity index is 1.72. The Bertz CT molecular complexity index is 1290. The van der Waals surface area contributed by atoms with Crippen molar-refractivity contribution in [3.8, 4) is 0 Å². The molecule has 0 unspecified atom stereocenters. The van der Waals surface area contributed by atoms with Crippen molar-refractivity contribution in [2.75, 3.05) is 12.3 Å². The highest BCUT2D eigenvalue weighted by molar-refractivity contribution is 6.09. The second-order valence-electron chi connectivity index (χ2n) is 6.74. The summed E-state index contributed by atoms with van der Waals surface area (Å²) < 4.78 is 6.69. The van der Waals surface area contributed by atoms with Crippen LogP contribution in [0.25, 0.3) is 0 Å². The van der Waals surface area contributed by atoms with Gasteiger partial charge in [-0.3, -0.25) is 23.5 Å². The quantitative estimate of drug-likeness (QED) is 0.463. The number of rotatable bonds is 6. The Morgan fingerprint density at radius 1 is 0.839 bits per heavy atom. The van der Waals surface area contributed by atoms with Gasteiger partial charge in [-0.1, -0.05) is 42.5 Å². The molecule has 0 amide bonds. The van der Waals surface area contributed by atoms with E-state index < -0.39 is 35.2 Å². The number of ether oxygens (including phenoxy) is 1.